The summed E-state index contributed by atoms with van der Waals surface area (Å²) >= 11 is 0. The third-order valence-corrected chi connectivity index (χ3v) is 2.54. The normalized spacial score (nSPS) is 11.9. The zero-order chi connectivity index (χ0) is 14.1. The van der Waals surface area contributed by atoms with Crippen LogP contribution >= 0.6 is 24.0 Å². The molecule has 1 rings (SSSR count). The third kappa shape index (κ3) is 9.19. The molecule has 0 radical (unpaired) electrons. The lowest BCUT2D eigenvalue weighted by molar-refractivity contribution is 0.428. The van der Waals surface area contributed by atoms with Crippen LogP contribution in [0.4, 0.5) is 0 Å². The SMILES string of the molecule is CN=C(NCCNC(C)(C)C)NCCc1ccco1.I. The molecule has 0 saturated carbocycles. The highest BCUT2D eigenvalue weighted by molar-refractivity contribution is 14.0. The summed E-state index contributed by atoms with van der Waals surface area (Å²) in [6.45, 7) is 9.02. The van der Waals surface area contributed by atoms with Gasteiger partial charge in [0.2, 0.25) is 0 Å². The van der Waals surface area contributed by atoms with Crippen molar-refractivity contribution in [1.82, 2.24) is 16.0 Å². The fraction of sp³-hybridized carbons (Fsp3) is 0.643. The van der Waals surface area contributed by atoms with E-state index in [2.05, 4.69) is 41.7 Å². The minimum absolute atomic E-state index is 0. The third-order valence-electron chi connectivity index (χ3n) is 2.54. The van der Waals surface area contributed by atoms with E-state index >= 15 is 0 Å². The highest BCUT2D eigenvalue weighted by Gasteiger charge is 2.07. The summed E-state index contributed by atoms with van der Waals surface area (Å²) in [5.74, 6) is 1.81. The van der Waals surface area contributed by atoms with Gasteiger partial charge in [-0.05, 0) is 32.9 Å². The topological polar surface area (TPSA) is 61.6 Å². The number of hydrogen-bond donors (Lipinski definition) is 3. The van der Waals surface area contributed by atoms with Crippen LogP contribution in [0.2, 0.25) is 0 Å². The molecule has 1 aromatic heterocycles. The van der Waals surface area contributed by atoms with Gasteiger partial charge in [0.15, 0.2) is 5.96 Å². The fourth-order valence-corrected chi connectivity index (χ4v) is 1.60. The van der Waals surface area contributed by atoms with Crippen LogP contribution in [0.15, 0.2) is 27.8 Å². The van der Waals surface area contributed by atoms with Gasteiger partial charge >= 0.3 is 0 Å². The molecule has 1 heterocycles. The number of nitrogens with zero attached hydrogens (tertiary/aromatic N) is 1. The molecule has 0 saturated heterocycles. The van der Waals surface area contributed by atoms with Gasteiger partial charge in [0.1, 0.15) is 5.76 Å². The minimum Gasteiger partial charge on any atom is -0.469 e. The summed E-state index contributed by atoms with van der Waals surface area (Å²) < 4.78 is 5.27. The van der Waals surface area contributed by atoms with Gasteiger partial charge in [0.05, 0.1) is 6.26 Å². The first-order chi connectivity index (χ1) is 9.01. The van der Waals surface area contributed by atoms with Gasteiger partial charge in [-0.2, -0.15) is 0 Å². The molecule has 0 aromatic carbocycles. The van der Waals surface area contributed by atoms with E-state index in [9.17, 15) is 0 Å². The Hall–Kier alpha value is -0.760. The summed E-state index contributed by atoms with van der Waals surface area (Å²) in [4.78, 5) is 4.18. The number of guanidine groups is 1. The summed E-state index contributed by atoms with van der Waals surface area (Å²) in [7, 11) is 1.78. The standard InChI is InChI=1S/C14H26N4O.HI/c1-14(2,3)18-10-9-17-13(15-4)16-8-7-12-6-5-11-19-12;/h5-6,11,18H,7-10H2,1-4H3,(H2,15,16,17);1H. The van der Waals surface area contributed by atoms with Crippen molar-refractivity contribution in [3.63, 3.8) is 0 Å². The first-order valence-electron chi connectivity index (χ1n) is 6.73. The molecule has 116 valence electrons. The van der Waals surface area contributed by atoms with Crippen LogP contribution in [0.3, 0.4) is 0 Å². The Morgan fingerprint density at radius 2 is 1.90 bits per heavy atom. The average molecular weight is 394 g/mol. The van der Waals surface area contributed by atoms with E-state index in [1.807, 2.05) is 12.1 Å². The van der Waals surface area contributed by atoms with E-state index in [0.717, 1.165) is 37.8 Å². The Kier molecular flexibility index (Phi) is 9.66. The van der Waals surface area contributed by atoms with Gasteiger partial charge in [0.25, 0.3) is 0 Å². The summed E-state index contributed by atoms with van der Waals surface area (Å²) in [6.07, 6.45) is 2.55. The molecular formula is C14H27IN4O. The monoisotopic (exact) mass is 394 g/mol. The lowest BCUT2D eigenvalue weighted by atomic mass is 10.1. The fourth-order valence-electron chi connectivity index (χ4n) is 1.60. The highest BCUT2D eigenvalue weighted by atomic mass is 127. The molecule has 0 unspecified atom stereocenters. The van der Waals surface area contributed by atoms with E-state index in [4.69, 9.17) is 4.42 Å². The van der Waals surface area contributed by atoms with E-state index in [1.165, 1.54) is 0 Å². The van der Waals surface area contributed by atoms with E-state index in [-0.39, 0.29) is 29.5 Å². The van der Waals surface area contributed by atoms with Gasteiger partial charge in [-0.15, -0.1) is 24.0 Å². The lowest BCUT2D eigenvalue weighted by Gasteiger charge is -2.21. The molecule has 1 aromatic rings. The van der Waals surface area contributed by atoms with Gasteiger partial charge < -0.3 is 20.4 Å². The quantitative estimate of drug-likeness (QED) is 0.299. The molecule has 0 atom stereocenters. The van der Waals surface area contributed by atoms with Gasteiger partial charge in [-0.25, -0.2) is 0 Å². The molecule has 0 spiro atoms. The zero-order valence-corrected chi connectivity index (χ0v) is 15.2. The lowest BCUT2D eigenvalue weighted by Crippen LogP contribution is -2.44. The van der Waals surface area contributed by atoms with Crippen molar-refractivity contribution < 1.29 is 4.42 Å². The second-order valence-electron chi connectivity index (χ2n) is 5.43. The van der Waals surface area contributed by atoms with E-state index in [0.29, 0.717) is 0 Å². The van der Waals surface area contributed by atoms with Crippen molar-refractivity contribution >= 4 is 29.9 Å². The van der Waals surface area contributed by atoms with Crippen molar-refractivity contribution in [2.24, 2.45) is 4.99 Å². The Labute approximate surface area is 139 Å². The Bertz CT molecular complexity index is 371. The van der Waals surface area contributed by atoms with Crippen molar-refractivity contribution in [3.8, 4) is 0 Å². The zero-order valence-electron chi connectivity index (χ0n) is 12.8. The van der Waals surface area contributed by atoms with Crippen LogP contribution in [0, 0.1) is 0 Å². The van der Waals surface area contributed by atoms with Gasteiger partial charge in [-0.1, -0.05) is 0 Å². The Morgan fingerprint density at radius 1 is 1.20 bits per heavy atom. The predicted molar refractivity (Wildman–Crippen MR) is 94.9 cm³/mol. The molecular weight excluding hydrogens is 367 g/mol. The number of halogens is 1. The summed E-state index contributed by atoms with van der Waals surface area (Å²) in [5, 5.41) is 9.94. The van der Waals surface area contributed by atoms with Crippen molar-refractivity contribution in [2.45, 2.75) is 32.7 Å². The number of hydrogen-bond acceptors (Lipinski definition) is 3. The van der Waals surface area contributed by atoms with Crippen LogP contribution in [0.1, 0.15) is 26.5 Å². The number of nitrogens with one attached hydrogen (secondary N) is 3. The molecule has 0 fully saturated rings. The van der Waals surface area contributed by atoms with Crippen molar-refractivity contribution in [3.05, 3.63) is 24.2 Å². The molecule has 6 heteroatoms. The molecule has 0 aliphatic carbocycles. The van der Waals surface area contributed by atoms with E-state index in [1.54, 1.807) is 13.3 Å². The maximum Gasteiger partial charge on any atom is 0.191 e. The molecule has 0 aliphatic rings. The van der Waals surface area contributed by atoms with Crippen molar-refractivity contribution in [2.75, 3.05) is 26.7 Å². The van der Waals surface area contributed by atoms with Gasteiger partial charge in [0, 0.05) is 38.6 Å². The van der Waals surface area contributed by atoms with Crippen LogP contribution in [0.5, 0.6) is 0 Å². The van der Waals surface area contributed by atoms with Crippen LogP contribution < -0.4 is 16.0 Å². The van der Waals surface area contributed by atoms with E-state index < -0.39 is 0 Å². The van der Waals surface area contributed by atoms with Crippen molar-refractivity contribution in [1.29, 1.82) is 0 Å². The largest absolute Gasteiger partial charge is 0.469 e. The molecule has 3 N–H and O–H groups in total. The number of aliphatic imine (C=N–C) groups is 1. The van der Waals surface area contributed by atoms with Crippen LogP contribution in [0.25, 0.3) is 0 Å². The number of rotatable bonds is 6. The molecule has 5 nitrogen and oxygen atoms in total. The first-order valence-corrected chi connectivity index (χ1v) is 6.73. The maximum absolute atomic E-state index is 5.27. The second kappa shape index (κ2) is 10.0. The van der Waals surface area contributed by atoms with Crippen LogP contribution in [-0.4, -0.2) is 38.2 Å². The first kappa shape index (κ1) is 19.2. The Balaban J connectivity index is 0.00000361. The molecule has 0 aliphatic heterocycles. The maximum atomic E-state index is 5.27. The Morgan fingerprint density at radius 3 is 2.45 bits per heavy atom. The predicted octanol–water partition coefficient (Wildman–Crippen LogP) is 1.99. The highest BCUT2D eigenvalue weighted by Crippen LogP contribution is 1.99. The number of furan rings is 1. The molecule has 20 heavy (non-hydrogen) atoms. The second-order valence-corrected chi connectivity index (χ2v) is 5.43. The smallest absolute Gasteiger partial charge is 0.191 e. The summed E-state index contributed by atoms with van der Waals surface area (Å²) in [6, 6.07) is 3.88. The summed E-state index contributed by atoms with van der Waals surface area (Å²) in [5.41, 5.74) is 0.151. The minimum atomic E-state index is 0. The average Bonchev–Trinajstić information content (AvgIpc) is 2.84. The molecule has 0 bridgehead atoms. The molecule has 0 amide bonds. The van der Waals surface area contributed by atoms with Gasteiger partial charge in [-0.3, -0.25) is 4.99 Å². The van der Waals surface area contributed by atoms with Crippen LogP contribution in [-0.2, 0) is 6.42 Å².